The fourth-order valence-electron chi connectivity index (χ4n) is 1.41. The molecule has 0 aliphatic rings. The lowest BCUT2D eigenvalue weighted by atomic mass is 10.1. The second-order valence-electron chi connectivity index (χ2n) is 3.69. The average Bonchev–Trinajstić information content (AvgIpc) is 2.90. The zero-order valence-corrected chi connectivity index (χ0v) is 10.6. The topological polar surface area (TPSA) is 69.4 Å². The third-order valence-corrected chi connectivity index (χ3v) is 3.42. The molecule has 0 aromatic carbocycles. The molecule has 9 heteroatoms. The van der Waals surface area contributed by atoms with Crippen LogP contribution in [0.4, 0.5) is 13.2 Å². The first-order chi connectivity index (χ1) is 9.31. The van der Waals surface area contributed by atoms with Crippen molar-refractivity contribution in [2.75, 3.05) is 0 Å². The maximum absolute atomic E-state index is 12.9. The van der Waals surface area contributed by atoms with Crippen LogP contribution >= 0.6 is 0 Å². The van der Waals surface area contributed by atoms with Gasteiger partial charge >= 0.3 is 16.3 Å². The number of rotatable bonds is 4. The molecule has 0 aliphatic carbocycles. The molecule has 2 rings (SSSR count). The van der Waals surface area contributed by atoms with Crippen molar-refractivity contribution in [2.45, 2.75) is 17.4 Å². The average molecular weight is 307 g/mol. The summed E-state index contributed by atoms with van der Waals surface area (Å²) in [5.74, 6) is 0. The number of nitrogens with zero attached hydrogens (tertiary/aromatic N) is 1. The van der Waals surface area contributed by atoms with E-state index in [-0.39, 0.29) is 0 Å². The lowest BCUT2D eigenvalue weighted by molar-refractivity contribution is -0.197. The predicted molar refractivity (Wildman–Crippen MR) is 60.0 cm³/mol. The van der Waals surface area contributed by atoms with Crippen LogP contribution in [0.25, 0.3) is 0 Å². The van der Waals surface area contributed by atoms with Crippen LogP contribution in [-0.2, 0) is 14.3 Å². The van der Waals surface area contributed by atoms with Gasteiger partial charge in [-0.15, -0.1) is 0 Å². The van der Waals surface area contributed by atoms with Gasteiger partial charge in [0.1, 0.15) is 0 Å². The molecule has 0 bridgehead atoms. The molecule has 108 valence electrons. The summed E-state index contributed by atoms with van der Waals surface area (Å²) in [5.41, 5.74) is -0.421. The molecule has 2 aromatic heterocycles. The summed E-state index contributed by atoms with van der Waals surface area (Å²) in [6.07, 6.45) is -4.40. The number of hydrogen-bond acceptors (Lipinski definition) is 5. The number of aromatic nitrogens is 1. The van der Waals surface area contributed by atoms with Crippen LogP contribution in [0, 0.1) is 0 Å². The van der Waals surface area contributed by atoms with E-state index in [1.54, 1.807) is 0 Å². The van der Waals surface area contributed by atoms with Crippen molar-refractivity contribution in [3.05, 3.63) is 48.5 Å². The van der Waals surface area contributed by atoms with Crippen molar-refractivity contribution in [2.24, 2.45) is 0 Å². The van der Waals surface area contributed by atoms with E-state index >= 15 is 0 Å². The van der Waals surface area contributed by atoms with Gasteiger partial charge in [-0.1, -0.05) is 6.07 Å². The van der Waals surface area contributed by atoms with Gasteiger partial charge in [0.25, 0.3) is 0 Å². The highest BCUT2D eigenvalue weighted by atomic mass is 32.2. The molecule has 0 aliphatic heterocycles. The summed E-state index contributed by atoms with van der Waals surface area (Å²) in [5, 5.41) is -0.698. The summed E-state index contributed by atoms with van der Waals surface area (Å²) < 4.78 is 71.0. The lowest BCUT2D eigenvalue weighted by Gasteiger charge is -2.19. The van der Waals surface area contributed by atoms with E-state index in [2.05, 4.69) is 13.6 Å². The minimum absolute atomic E-state index is 0.421. The van der Waals surface area contributed by atoms with E-state index in [0.29, 0.717) is 0 Å². The van der Waals surface area contributed by atoms with E-state index in [0.717, 1.165) is 24.6 Å². The summed E-state index contributed by atoms with van der Waals surface area (Å²) in [6.45, 7) is 0. The number of furan rings is 1. The molecule has 1 atom stereocenters. The minimum Gasteiger partial charge on any atom is -0.451 e. The molecule has 0 spiro atoms. The molecule has 0 fully saturated rings. The van der Waals surface area contributed by atoms with E-state index in [1.807, 2.05) is 0 Å². The molecular weight excluding hydrogens is 299 g/mol. The van der Waals surface area contributed by atoms with Crippen molar-refractivity contribution in [3.63, 3.8) is 0 Å². The third-order valence-electron chi connectivity index (χ3n) is 2.25. The second kappa shape index (κ2) is 5.25. The van der Waals surface area contributed by atoms with Gasteiger partial charge in [-0.05, 0) is 18.2 Å². The Kier molecular flexibility index (Phi) is 3.82. The monoisotopic (exact) mass is 307 g/mol. The van der Waals surface area contributed by atoms with Crippen molar-refractivity contribution in [3.8, 4) is 0 Å². The van der Waals surface area contributed by atoms with Crippen LogP contribution in [0.1, 0.15) is 11.7 Å². The van der Waals surface area contributed by atoms with Gasteiger partial charge < -0.3 is 4.42 Å². The Morgan fingerprint density at radius 2 is 2.00 bits per heavy atom. The Bertz CT molecular complexity index is 653. The molecule has 1 unspecified atom stereocenters. The Labute approximate surface area is 112 Å². The van der Waals surface area contributed by atoms with Gasteiger partial charge in [-0.2, -0.15) is 21.6 Å². The van der Waals surface area contributed by atoms with Crippen molar-refractivity contribution in [1.29, 1.82) is 0 Å². The zero-order valence-electron chi connectivity index (χ0n) is 9.74. The predicted octanol–water partition coefficient (Wildman–Crippen LogP) is 2.68. The largest absolute Gasteiger partial charge is 0.451 e. The number of halogens is 3. The van der Waals surface area contributed by atoms with E-state index < -0.39 is 33.1 Å². The van der Waals surface area contributed by atoms with Crippen LogP contribution in [0.3, 0.4) is 0 Å². The van der Waals surface area contributed by atoms with E-state index in [4.69, 9.17) is 0 Å². The Morgan fingerprint density at radius 1 is 1.25 bits per heavy atom. The Balaban J connectivity index is 2.36. The van der Waals surface area contributed by atoms with Gasteiger partial charge in [-0.25, -0.2) is 4.18 Å². The zero-order chi connectivity index (χ0) is 14.8. The summed E-state index contributed by atoms with van der Waals surface area (Å²) >= 11 is 0. The van der Waals surface area contributed by atoms with E-state index in [9.17, 15) is 21.6 Å². The second-order valence-corrected chi connectivity index (χ2v) is 5.19. The highest BCUT2D eigenvalue weighted by Gasteiger charge is 2.45. The third kappa shape index (κ3) is 3.17. The standard InChI is InChI=1S/C11H8F3NO4S/c12-11(13,14)10(8-3-1-5-15-7-8)19-20(16,17)9-4-2-6-18-9/h1-7,10H. The Hall–Kier alpha value is -1.87. The highest BCUT2D eigenvalue weighted by Crippen LogP contribution is 2.37. The van der Waals surface area contributed by atoms with Crippen LogP contribution in [-0.4, -0.2) is 19.6 Å². The molecule has 0 N–H and O–H groups in total. The summed E-state index contributed by atoms with van der Waals surface area (Å²) in [6, 6.07) is 4.54. The molecule has 5 nitrogen and oxygen atoms in total. The molecule has 2 heterocycles. The lowest BCUT2D eigenvalue weighted by Crippen LogP contribution is -2.26. The number of hydrogen-bond donors (Lipinski definition) is 0. The fourth-order valence-corrected chi connectivity index (χ4v) is 2.40. The molecule has 0 saturated heterocycles. The van der Waals surface area contributed by atoms with Gasteiger partial charge in [0.05, 0.1) is 6.26 Å². The van der Waals surface area contributed by atoms with Crippen molar-refractivity contribution >= 4 is 10.1 Å². The van der Waals surface area contributed by atoms with Crippen LogP contribution in [0.5, 0.6) is 0 Å². The summed E-state index contributed by atoms with van der Waals surface area (Å²) in [4.78, 5) is 3.51. The normalized spacial score (nSPS) is 14.2. The van der Waals surface area contributed by atoms with Crippen molar-refractivity contribution < 1.29 is 30.2 Å². The molecule has 0 radical (unpaired) electrons. The molecule has 20 heavy (non-hydrogen) atoms. The smallest absolute Gasteiger partial charge is 0.420 e. The maximum atomic E-state index is 12.9. The first kappa shape index (κ1) is 14.5. The van der Waals surface area contributed by atoms with Gasteiger partial charge in [0.15, 0.2) is 6.10 Å². The van der Waals surface area contributed by atoms with Crippen LogP contribution in [0.15, 0.2) is 52.4 Å². The number of pyridine rings is 1. The van der Waals surface area contributed by atoms with Crippen LogP contribution in [0.2, 0.25) is 0 Å². The Morgan fingerprint density at radius 3 is 2.50 bits per heavy atom. The summed E-state index contributed by atoms with van der Waals surface area (Å²) in [7, 11) is -4.66. The van der Waals surface area contributed by atoms with Gasteiger partial charge in [0, 0.05) is 18.0 Å². The molecular formula is C11H8F3NO4S. The fraction of sp³-hybridized carbons (Fsp3) is 0.182. The van der Waals surface area contributed by atoms with Gasteiger partial charge in [-0.3, -0.25) is 4.98 Å². The first-order valence-corrected chi connectivity index (χ1v) is 6.65. The van der Waals surface area contributed by atoms with Crippen molar-refractivity contribution in [1.82, 2.24) is 4.98 Å². The number of alkyl halides is 3. The van der Waals surface area contributed by atoms with E-state index in [1.165, 1.54) is 18.3 Å². The SMILES string of the molecule is O=S(=O)(OC(c1cccnc1)C(F)(F)F)c1ccco1. The highest BCUT2D eigenvalue weighted by molar-refractivity contribution is 7.86. The van der Waals surface area contributed by atoms with Crippen LogP contribution < -0.4 is 0 Å². The first-order valence-electron chi connectivity index (χ1n) is 5.24. The molecule has 2 aromatic rings. The molecule has 0 saturated carbocycles. The molecule has 0 amide bonds. The van der Waals surface area contributed by atoms with Gasteiger partial charge in [0.2, 0.25) is 5.09 Å². The quantitative estimate of drug-likeness (QED) is 0.812. The minimum atomic E-state index is -4.91. The maximum Gasteiger partial charge on any atom is 0.420 e.